The Hall–Kier alpha value is -2.49. The van der Waals surface area contributed by atoms with E-state index in [0.717, 1.165) is 22.1 Å². The Morgan fingerprint density at radius 2 is 2.04 bits per heavy atom. The lowest BCUT2D eigenvalue weighted by molar-refractivity contribution is -0.0790. The van der Waals surface area contributed by atoms with Gasteiger partial charge in [0.1, 0.15) is 18.1 Å². The molecule has 0 radical (unpaired) electrons. The molecule has 1 aromatic heterocycles. The summed E-state index contributed by atoms with van der Waals surface area (Å²) in [5.74, 6) is -0.297. The minimum Gasteiger partial charge on any atom is -0.497 e. The van der Waals surface area contributed by atoms with Gasteiger partial charge in [-0.3, -0.25) is 14.3 Å². The summed E-state index contributed by atoms with van der Waals surface area (Å²) in [5, 5.41) is 0. The highest BCUT2D eigenvalue weighted by atomic mass is 19.1. The van der Waals surface area contributed by atoms with E-state index in [1.165, 1.54) is 0 Å². The van der Waals surface area contributed by atoms with Crippen molar-refractivity contribution in [1.29, 1.82) is 0 Å². The predicted molar refractivity (Wildman–Crippen MR) is 97.9 cm³/mol. The van der Waals surface area contributed by atoms with Crippen LogP contribution >= 0.6 is 0 Å². The first kappa shape index (κ1) is 20.2. The molecule has 9 heteroatoms. The number of aromatic nitrogens is 2. The van der Waals surface area contributed by atoms with E-state index >= 15 is 0 Å². The van der Waals surface area contributed by atoms with Crippen LogP contribution < -0.4 is 16.0 Å². The molecule has 1 fully saturated rings. The van der Waals surface area contributed by atoms with Crippen molar-refractivity contribution in [3.05, 3.63) is 62.7 Å². The van der Waals surface area contributed by atoms with Crippen LogP contribution in [0.5, 0.6) is 5.75 Å². The molecule has 1 aliphatic rings. The van der Waals surface area contributed by atoms with Gasteiger partial charge in [0.05, 0.1) is 32.6 Å². The van der Waals surface area contributed by atoms with E-state index in [0.29, 0.717) is 19.6 Å². The maximum absolute atomic E-state index is 13.6. The van der Waals surface area contributed by atoms with Gasteiger partial charge in [0.15, 0.2) is 0 Å². The monoisotopic (exact) mass is 394 g/mol. The molecule has 28 heavy (non-hydrogen) atoms. The molecule has 0 spiro atoms. The Bertz CT molecular complexity index is 895. The Balaban J connectivity index is 1.72. The van der Waals surface area contributed by atoms with Crippen LogP contribution in [0.3, 0.4) is 0 Å². The molecule has 0 saturated carbocycles. The molecule has 152 valence electrons. The smallest absolute Gasteiger partial charge is 0.330 e. The van der Waals surface area contributed by atoms with Crippen LogP contribution in [0, 0.1) is 5.82 Å². The number of hydrogen-bond donors (Lipinski definition) is 1. The fourth-order valence-electron chi connectivity index (χ4n) is 3.03. The normalized spacial score (nSPS) is 21.8. The molecule has 3 atom stereocenters. The topological polar surface area (TPSA) is 91.8 Å². The third-order valence-corrected chi connectivity index (χ3v) is 4.52. The van der Waals surface area contributed by atoms with Crippen molar-refractivity contribution >= 4 is 0 Å². The second kappa shape index (κ2) is 9.13. The third-order valence-electron chi connectivity index (χ3n) is 4.52. The highest BCUT2D eigenvalue weighted by Gasteiger charge is 2.37. The van der Waals surface area contributed by atoms with Crippen LogP contribution in [0.15, 0.2) is 40.1 Å². The minimum absolute atomic E-state index is 0.279. The summed E-state index contributed by atoms with van der Waals surface area (Å²) in [6, 6.07) is 7.47. The lowest BCUT2D eigenvalue weighted by atomic mass is 10.1. The van der Waals surface area contributed by atoms with Crippen LogP contribution in [-0.2, 0) is 20.8 Å². The number of ether oxygens (including phenoxy) is 4. The van der Waals surface area contributed by atoms with E-state index < -0.39 is 29.4 Å². The van der Waals surface area contributed by atoms with Gasteiger partial charge in [-0.2, -0.15) is 4.39 Å². The van der Waals surface area contributed by atoms with Gasteiger partial charge in [0, 0.05) is 13.0 Å². The largest absolute Gasteiger partial charge is 0.497 e. The summed E-state index contributed by atoms with van der Waals surface area (Å²) in [7, 11) is 1.60. The van der Waals surface area contributed by atoms with Crippen LogP contribution in [0.25, 0.3) is 0 Å². The van der Waals surface area contributed by atoms with Gasteiger partial charge in [-0.05, 0) is 24.6 Å². The number of benzene rings is 1. The van der Waals surface area contributed by atoms with Gasteiger partial charge in [-0.25, -0.2) is 4.79 Å². The first-order chi connectivity index (χ1) is 13.5. The van der Waals surface area contributed by atoms with Crippen molar-refractivity contribution in [3.63, 3.8) is 0 Å². The SMILES string of the molecule is CCOC[C@H]1O[C@@H](n2cc(F)c(=O)[nH]c2=O)C[C@@H]1OCc1ccc(OC)cc1. The molecule has 2 aromatic rings. The standard InChI is InChI=1S/C19H23FN2O6/c1-3-26-11-16-15(27-10-12-4-6-13(25-2)7-5-12)8-17(28-16)22-9-14(20)18(23)21-19(22)24/h4-7,9,15-17H,3,8,10-11H2,1-2H3,(H,21,23,24)/t15-,16+,17+/m0/s1. The predicted octanol–water partition coefficient (Wildman–Crippen LogP) is 1.59. The zero-order valence-corrected chi connectivity index (χ0v) is 15.7. The molecule has 3 rings (SSSR count). The van der Waals surface area contributed by atoms with Crippen molar-refractivity contribution in [2.24, 2.45) is 0 Å². The van der Waals surface area contributed by atoms with E-state index in [1.54, 1.807) is 7.11 Å². The summed E-state index contributed by atoms with van der Waals surface area (Å²) in [4.78, 5) is 25.2. The molecule has 0 unspecified atom stereocenters. The maximum Gasteiger partial charge on any atom is 0.330 e. The van der Waals surface area contributed by atoms with E-state index in [9.17, 15) is 14.0 Å². The van der Waals surface area contributed by atoms with E-state index in [4.69, 9.17) is 18.9 Å². The number of nitrogens with one attached hydrogen (secondary N) is 1. The maximum atomic E-state index is 13.6. The molecule has 0 amide bonds. The highest BCUT2D eigenvalue weighted by molar-refractivity contribution is 5.26. The van der Waals surface area contributed by atoms with Crippen LogP contribution in [-0.4, -0.2) is 42.1 Å². The van der Waals surface area contributed by atoms with E-state index in [-0.39, 0.29) is 12.7 Å². The zero-order chi connectivity index (χ0) is 20.1. The highest BCUT2D eigenvalue weighted by Crippen LogP contribution is 2.31. The summed E-state index contributed by atoms with van der Waals surface area (Å²) < 4.78 is 37.1. The van der Waals surface area contributed by atoms with Crippen LogP contribution in [0.1, 0.15) is 25.1 Å². The average Bonchev–Trinajstić information content (AvgIpc) is 3.10. The van der Waals surface area contributed by atoms with Crippen molar-refractivity contribution in [3.8, 4) is 5.75 Å². The van der Waals surface area contributed by atoms with Gasteiger partial charge in [-0.15, -0.1) is 0 Å². The van der Waals surface area contributed by atoms with Crippen molar-refractivity contribution in [1.82, 2.24) is 9.55 Å². The molecular weight excluding hydrogens is 371 g/mol. The van der Waals surface area contributed by atoms with Gasteiger partial charge in [-0.1, -0.05) is 12.1 Å². The lowest BCUT2D eigenvalue weighted by Crippen LogP contribution is -2.34. The summed E-state index contributed by atoms with van der Waals surface area (Å²) in [6.07, 6.45) is -0.370. The molecule has 2 heterocycles. The number of halogens is 1. The first-order valence-electron chi connectivity index (χ1n) is 9.00. The Morgan fingerprint density at radius 3 is 2.71 bits per heavy atom. The van der Waals surface area contributed by atoms with Crippen molar-refractivity contribution < 1.29 is 23.3 Å². The Morgan fingerprint density at radius 1 is 1.29 bits per heavy atom. The second-order valence-electron chi connectivity index (χ2n) is 6.37. The van der Waals surface area contributed by atoms with Crippen molar-refractivity contribution in [2.75, 3.05) is 20.3 Å². The molecule has 1 N–H and O–H groups in total. The number of rotatable bonds is 8. The minimum atomic E-state index is -1.06. The quantitative estimate of drug-likeness (QED) is 0.731. The van der Waals surface area contributed by atoms with Gasteiger partial charge < -0.3 is 18.9 Å². The number of H-pyrrole nitrogens is 1. The molecule has 1 aliphatic heterocycles. The second-order valence-corrected chi connectivity index (χ2v) is 6.37. The molecular formula is C19H23FN2O6. The number of hydrogen-bond acceptors (Lipinski definition) is 6. The Kier molecular flexibility index (Phi) is 6.61. The summed E-state index contributed by atoms with van der Waals surface area (Å²) in [6.45, 7) is 2.98. The summed E-state index contributed by atoms with van der Waals surface area (Å²) >= 11 is 0. The van der Waals surface area contributed by atoms with E-state index in [1.807, 2.05) is 36.2 Å². The van der Waals surface area contributed by atoms with E-state index in [2.05, 4.69) is 0 Å². The van der Waals surface area contributed by atoms with Gasteiger partial charge in [0.25, 0.3) is 5.56 Å². The molecule has 8 nitrogen and oxygen atoms in total. The molecule has 0 aliphatic carbocycles. The number of aromatic amines is 1. The van der Waals surface area contributed by atoms with Gasteiger partial charge >= 0.3 is 5.69 Å². The average molecular weight is 394 g/mol. The van der Waals surface area contributed by atoms with Crippen molar-refractivity contribution in [2.45, 2.75) is 38.4 Å². The lowest BCUT2D eigenvalue weighted by Gasteiger charge is -2.19. The number of methoxy groups -OCH3 is 1. The number of nitrogens with zero attached hydrogens (tertiary/aromatic N) is 1. The zero-order valence-electron chi connectivity index (χ0n) is 15.7. The fraction of sp³-hybridized carbons (Fsp3) is 0.474. The third kappa shape index (κ3) is 4.67. The fourth-order valence-corrected chi connectivity index (χ4v) is 3.03. The van der Waals surface area contributed by atoms with Crippen LogP contribution in [0.2, 0.25) is 0 Å². The van der Waals surface area contributed by atoms with Gasteiger partial charge in [0.2, 0.25) is 5.82 Å². The first-order valence-corrected chi connectivity index (χ1v) is 9.00. The Labute approximate surface area is 160 Å². The summed E-state index contributed by atoms with van der Waals surface area (Å²) in [5.41, 5.74) is -0.841. The molecule has 1 saturated heterocycles. The van der Waals surface area contributed by atoms with Crippen LogP contribution in [0.4, 0.5) is 4.39 Å². The molecule has 0 bridgehead atoms. The molecule has 1 aromatic carbocycles.